The van der Waals surface area contributed by atoms with Gasteiger partial charge in [-0.2, -0.15) is 0 Å². The number of hydrogen-bond donors (Lipinski definition) is 1. The second-order valence-electron chi connectivity index (χ2n) is 5.14. The molecule has 0 radical (unpaired) electrons. The van der Waals surface area contributed by atoms with Gasteiger partial charge < -0.3 is 10.1 Å². The molecule has 0 aromatic heterocycles. The third-order valence-corrected chi connectivity index (χ3v) is 3.80. The number of hydrogen-bond acceptors (Lipinski definition) is 2. The molecule has 0 spiro atoms. The van der Waals surface area contributed by atoms with Crippen molar-refractivity contribution in [2.75, 3.05) is 11.9 Å². The van der Waals surface area contributed by atoms with Crippen LogP contribution in [0.2, 0.25) is 0 Å². The summed E-state index contributed by atoms with van der Waals surface area (Å²) in [6.45, 7) is 6.02. The van der Waals surface area contributed by atoms with Crippen LogP contribution in [0.4, 0.5) is 5.69 Å². The zero-order valence-electron chi connectivity index (χ0n) is 11.5. The first-order valence-electron chi connectivity index (χ1n) is 6.79. The Labute approximate surface area is 114 Å². The summed E-state index contributed by atoms with van der Waals surface area (Å²) in [6.07, 6.45) is 1.02. The molecule has 2 heteroatoms. The maximum absolute atomic E-state index is 5.53. The number of anilines is 1. The van der Waals surface area contributed by atoms with Crippen molar-refractivity contribution < 1.29 is 4.74 Å². The summed E-state index contributed by atoms with van der Waals surface area (Å²) in [6, 6.07) is 12.8. The van der Waals surface area contributed by atoms with E-state index >= 15 is 0 Å². The van der Waals surface area contributed by atoms with Crippen molar-refractivity contribution in [2.45, 2.75) is 26.8 Å². The molecule has 19 heavy (non-hydrogen) atoms. The van der Waals surface area contributed by atoms with Crippen molar-refractivity contribution in [1.82, 2.24) is 0 Å². The molecule has 2 nitrogen and oxygen atoms in total. The summed E-state index contributed by atoms with van der Waals surface area (Å²) in [7, 11) is 0. The molecule has 0 bridgehead atoms. The van der Waals surface area contributed by atoms with Gasteiger partial charge in [-0.25, -0.2) is 0 Å². The maximum atomic E-state index is 5.53. The molecule has 0 fully saturated rings. The quantitative estimate of drug-likeness (QED) is 0.897. The standard InChI is InChI=1S/C17H19NO/c1-12-4-3-5-13(2)16(12)11-18-15-6-7-17-14(10-15)8-9-19-17/h3-7,10,18H,8-9,11H2,1-2H3. The first-order valence-corrected chi connectivity index (χ1v) is 6.79. The van der Waals surface area contributed by atoms with Gasteiger partial charge in [-0.05, 0) is 54.3 Å². The smallest absolute Gasteiger partial charge is 0.122 e. The van der Waals surface area contributed by atoms with E-state index in [0.717, 1.165) is 25.3 Å². The van der Waals surface area contributed by atoms with Crippen molar-refractivity contribution >= 4 is 5.69 Å². The van der Waals surface area contributed by atoms with Gasteiger partial charge >= 0.3 is 0 Å². The minimum absolute atomic E-state index is 0.815. The molecule has 0 aliphatic carbocycles. The lowest BCUT2D eigenvalue weighted by Gasteiger charge is -2.12. The fourth-order valence-corrected chi connectivity index (χ4v) is 2.61. The summed E-state index contributed by atoms with van der Waals surface area (Å²) in [5, 5.41) is 3.52. The van der Waals surface area contributed by atoms with E-state index in [9.17, 15) is 0 Å². The summed E-state index contributed by atoms with van der Waals surface area (Å²) in [5.74, 6) is 1.04. The van der Waals surface area contributed by atoms with Crippen LogP contribution in [0.3, 0.4) is 0 Å². The molecule has 0 saturated carbocycles. The molecule has 0 atom stereocenters. The Morgan fingerprint density at radius 3 is 2.68 bits per heavy atom. The first kappa shape index (κ1) is 12.1. The fourth-order valence-electron chi connectivity index (χ4n) is 2.61. The van der Waals surface area contributed by atoms with Gasteiger partial charge in [-0.1, -0.05) is 18.2 Å². The van der Waals surface area contributed by atoms with Crippen molar-refractivity contribution in [2.24, 2.45) is 0 Å². The Balaban J connectivity index is 1.76. The van der Waals surface area contributed by atoms with Gasteiger partial charge in [-0.15, -0.1) is 0 Å². The molecule has 3 rings (SSSR count). The number of ether oxygens (including phenoxy) is 1. The second-order valence-corrected chi connectivity index (χ2v) is 5.14. The van der Waals surface area contributed by atoms with Gasteiger partial charge in [-0.3, -0.25) is 0 Å². The van der Waals surface area contributed by atoms with Gasteiger partial charge in [0.2, 0.25) is 0 Å². The molecule has 2 aromatic carbocycles. The molecule has 1 heterocycles. The predicted octanol–water partition coefficient (Wildman–Crippen LogP) is 3.85. The minimum Gasteiger partial charge on any atom is -0.493 e. The molecule has 2 aromatic rings. The number of rotatable bonds is 3. The lowest BCUT2D eigenvalue weighted by atomic mass is 10.0. The molecule has 1 aliphatic rings. The van der Waals surface area contributed by atoms with E-state index in [1.54, 1.807) is 0 Å². The van der Waals surface area contributed by atoms with Crippen LogP contribution in [0.1, 0.15) is 22.3 Å². The molecule has 1 aliphatic heterocycles. The van der Waals surface area contributed by atoms with Gasteiger partial charge in [0.15, 0.2) is 0 Å². The fraction of sp³-hybridized carbons (Fsp3) is 0.294. The van der Waals surface area contributed by atoms with Gasteiger partial charge in [0.1, 0.15) is 5.75 Å². The molecule has 0 amide bonds. The summed E-state index contributed by atoms with van der Waals surface area (Å²) in [4.78, 5) is 0. The average Bonchev–Trinajstić information content (AvgIpc) is 2.85. The third-order valence-electron chi connectivity index (χ3n) is 3.80. The van der Waals surface area contributed by atoms with Crippen LogP contribution < -0.4 is 10.1 Å². The zero-order valence-corrected chi connectivity index (χ0v) is 11.5. The van der Waals surface area contributed by atoms with E-state index in [-0.39, 0.29) is 0 Å². The lowest BCUT2D eigenvalue weighted by Crippen LogP contribution is -2.03. The van der Waals surface area contributed by atoms with E-state index in [2.05, 4.69) is 55.6 Å². The van der Waals surface area contributed by atoms with Crippen LogP contribution in [-0.2, 0) is 13.0 Å². The SMILES string of the molecule is Cc1cccc(C)c1CNc1ccc2c(c1)CCO2. The Hall–Kier alpha value is -1.96. The Morgan fingerprint density at radius 2 is 1.89 bits per heavy atom. The van der Waals surface area contributed by atoms with Crippen molar-refractivity contribution in [3.63, 3.8) is 0 Å². The van der Waals surface area contributed by atoms with E-state index < -0.39 is 0 Å². The molecule has 1 N–H and O–H groups in total. The van der Waals surface area contributed by atoms with E-state index in [1.807, 2.05) is 0 Å². The summed E-state index contributed by atoms with van der Waals surface area (Å²) >= 11 is 0. The van der Waals surface area contributed by atoms with Crippen molar-refractivity contribution in [3.05, 3.63) is 58.7 Å². The highest BCUT2D eigenvalue weighted by atomic mass is 16.5. The maximum Gasteiger partial charge on any atom is 0.122 e. The average molecular weight is 253 g/mol. The van der Waals surface area contributed by atoms with E-state index in [1.165, 1.54) is 27.9 Å². The number of aryl methyl sites for hydroxylation is 2. The molecular weight excluding hydrogens is 234 g/mol. The van der Waals surface area contributed by atoms with Gasteiger partial charge in [0, 0.05) is 18.7 Å². The number of fused-ring (bicyclic) bond motifs is 1. The number of benzene rings is 2. The van der Waals surface area contributed by atoms with Crippen LogP contribution in [-0.4, -0.2) is 6.61 Å². The molecule has 0 unspecified atom stereocenters. The molecular formula is C17H19NO. The Kier molecular flexibility index (Phi) is 3.16. The zero-order chi connectivity index (χ0) is 13.2. The highest BCUT2D eigenvalue weighted by Gasteiger charge is 2.12. The molecule has 98 valence electrons. The van der Waals surface area contributed by atoms with Crippen LogP contribution in [0.25, 0.3) is 0 Å². The topological polar surface area (TPSA) is 21.3 Å². The van der Waals surface area contributed by atoms with E-state index in [0.29, 0.717) is 0 Å². The Morgan fingerprint density at radius 1 is 1.11 bits per heavy atom. The molecule has 0 saturated heterocycles. The summed E-state index contributed by atoms with van der Waals surface area (Å²) in [5.41, 5.74) is 6.56. The third kappa shape index (κ3) is 2.43. The van der Waals surface area contributed by atoms with Crippen LogP contribution in [0, 0.1) is 13.8 Å². The van der Waals surface area contributed by atoms with Crippen LogP contribution >= 0.6 is 0 Å². The predicted molar refractivity (Wildman–Crippen MR) is 78.9 cm³/mol. The first-order chi connectivity index (χ1) is 9.24. The van der Waals surface area contributed by atoms with Gasteiger partial charge in [0.05, 0.1) is 6.61 Å². The summed E-state index contributed by atoms with van der Waals surface area (Å²) < 4.78 is 5.53. The van der Waals surface area contributed by atoms with E-state index in [4.69, 9.17) is 4.74 Å². The highest BCUT2D eigenvalue weighted by molar-refractivity contribution is 5.53. The Bertz CT molecular complexity index is 584. The van der Waals surface area contributed by atoms with Crippen molar-refractivity contribution in [1.29, 1.82) is 0 Å². The minimum atomic E-state index is 0.815. The second kappa shape index (κ2) is 4.96. The van der Waals surface area contributed by atoms with Crippen LogP contribution in [0.15, 0.2) is 36.4 Å². The van der Waals surface area contributed by atoms with Crippen molar-refractivity contribution in [3.8, 4) is 5.75 Å². The van der Waals surface area contributed by atoms with Gasteiger partial charge in [0.25, 0.3) is 0 Å². The monoisotopic (exact) mass is 253 g/mol. The number of nitrogens with one attached hydrogen (secondary N) is 1. The lowest BCUT2D eigenvalue weighted by molar-refractivity contribution is 0.357. The largest absolute Gasteiger partial charge is 0.493 e. The highest BCUT2D eigenvalue weighted by Crippen LogP contribution is 2.28. The normalized spacial score (nSPS) is 12.9. The van der Waals surface area contributed by atoms with Crippen LogP contribution in [0.5, 0.6) is 5.75 Å².